The van der Waals surface area contributed by atoms with E-state index in [0.29, 0.717) is 34.2 Å². The molecule has 6 heteroatoms. The number of nitrogens with zero attached hydrogens (tertiary/aromatic N) is 5. The number of anilines is 3. The van der Waals surface area contributed by atoms with Gasteiger partial charge >= 0.3 is 0 Å². The minimum atomic E-state index is -0.377. The molecule has 5 nitrogen and oxygen atoms in total. The Labute approximate surface area is 311 Å². The molecule has 3 heterocycles. The van der Waals surface area contributed by atoms with Gasteiger partial charge in [0, 0.05) is 46.6 Å². The van der Waals surface area contributed by atoms with Gasteiger partial charge in [0.1, 0.15) is 5.82 Å². The number of hydrogen-bond donors (Lipinski definition) is 0. The fourth-order valence-electron chi connectivity index (χ4n) is 7.91. The smallest absolute Gasteiger partial charge is 0.164 e. The lowest BCUT2D eigenvalue weighted by molar-refractivity contribution is 0.631. The van der Waals surface area contributed by atoms with Gasteiger partial charge in [-0.15, -0.1) is 0 Å². The van der Waals surface area contributed by atoms with Gasteiger partial charge in [0.15, 0.2) is 17.5 Å². The van der Waals surface area contributed by atoms with E-state index in [1.807, 2.05) is 85.1 Å². The van der Waals surface area contributed by atoms with E-state index in [4.69, 9.17) is 15.0 Å². The van der Waals surface area contributed by atoms with Gasteiger partial charge in [0.2, 0.25) is 0 Å². The standard InChI is InChI=1S/C47H42FN5/c1-26-28(3)32(7)43-38(30(26)5)24-39-31(6)27(2)29(4)33(8)44(39)53(43)42-21-22-49-25-40(42)37-20-19-36(23-41(37)48)47-51-45(34-15-11-9-12-16-34)50-46(52-47)35-17-13-10-14-18-35/h9-23,25H,24H2,1-8H3. The van der Waals surface area contributed by atoms with Crippen molar-refractivity contribution in [3.05, 3.63) is 159 Å². The van der Waals surface area contributed by atoms with Crippen LogP contribution in [0.1, 0.15) is 55.6 Å². The zero-order valence-electron chi connectivity index (χ0n) is 31.6. The molecule has 262 valence electrons. The number of fused-ring (bicyclic) bond motifs is 2. The van der Waals surface area contributed by atoms with Gasteiger partial charge in [0.05, 0.1) is 17.1 Å². The summed E-state index contributed by atoms with van der Waals surface area (Å²) < 4.78 is 16.8. The first kappa shape index (κ1) is 34.1. The predicted molar refractivity (Wildman–Crippen MR) is 215 cm³/mol. The summed E-state index contributed by atoms with van der Waals surface area (Å²) in [5, 5.41) is 0. The largest absolute Gasteiger partial charge is 0.309 e. The van der Waals surface area contributed by atoms with Crippen molar-refractivity contribution in [1.82, 2.24) is 19.9 Å². The van der Waals surface area contributed by atoms with Gasteiger partial charge in [-0.25, -0.2) is 19.3 Å². The lowest BCUT2D eigenvalue weighted by Gasteiger charge is -2.40. The fourth-order valence-corrected chi connectivity index (χ4v) is 7.91. The van der Waals surface area contributed by atoms with Crippen molar-refractivity contribution in [3.63, 3.8) is 0 Å². The molecule has 7 aromatic rings. The van der Waals surface area contributed by atoms with Crippen LogP contribution < -0.4 is 4.90 Å². The van der Waals surface area contributed by atoms with Crippen molar-refractivity contribution in [2.24, 2.45) is 0 Å². The van der Waals surface area contributed by atoms with Gasteiger partial charge in [-0.1, -0.05) is 72.8 Å². The highest BCUT2D eigenvalue weighted by Gasteiger charge is 2.34. The molecule has 0 spiro atoms. The van der Waals surface area contributed by atoms with Crippen LogP contribution in [0.3, 0.4) is 0 Å². The Morgan fingerprint density at radius 1 is 0.491 bits per heavy atom. The Kier molecular flexibility index (Phi) is 8.49. The lowest BCUT2D eigenvalue weighted by atomic mass is 9.80. The molecule has 0 atom stereocenters. The summed E-state index contributed by atoms with van der Waals surface area (Å²) in [4.78, 5) is 21.4. The summed E-state index contributed by atoms with van der Waals surface area (Å²) in [6.07, 6.45) is 4.46. The van der Waals surface area contributed by atoms with Crippen LogP contribution in [0.15, 0.2) is 97.3 Å². The van der Waals surface area contributed by atoms with Crippen LogP contribution in [0, 0.1) is 61.2 Å². The van der Waals surface area contributed by atoms with Crippen molar-refractivity contribution in [2.45, 2.75) is 61.8 Å². The molecule has 5 aromatic carbocycles. The summed E-state index contributed by atoms with van der Waals surface area (Å²) in [5.74, 6) is 1.09. The molecular weight excluding hydrogens is 654 g/mol. The number of rotatable bonds is 5. The quantitative estimate of drug-likeness (QED) is 0.179. The van der Waals surface area contributed by atoms with Crippen LogP contribution >= 0.6 is 0 Å². The first-order valence-electron chi connectivity index (χ1n) is 18.1. The monoisotopic (exact) mass is 695 g/mol. The van der Waals surface area contributed by atoms with Crippen LogP contribution in [0.2, 0.25) is 0 Å². The zero-order chi connectivity index (χ0) is 37.1. The molecule has 0 saturated carbocycles. The summed E-state index contributed by atoms with van der Waals surface area (Å²) in [5.41, 5.74) is 19.6. The van der Waals surface area contributed by atoms with Crippen LogP contribution in [-0.2, 0) is 6.42 Å². The molecule has 0 saturated heterocycles. The zero-order valence-corrected chi connectivity index (χ0v) is 31.6. The topological polar surface area (TPSA) is 54.8 Å². The van der Waals surface area contributed by atoms with E-state index >= 15 is 4.39 Å². The molecule has 1 aliphatic rings. The molecule has 8 rings (SSSR count). The minimum absolute atomic E-state index is 0.377. The molecule has 0 amide bonds. The molecule has 1 aliphatic heterocycles. The predicted octanol–water partition coefficient (Wildman–Crippen LogP) is 11.9. The van der Waals surface area contributed by atoms with Crippen LogP contribution in [0.25, 0.3) is 45.3 Å². The van der Waals surface area contributed by atoms with Crippen molar-refractivity contribution in [3.8, 4) is 45.3 Å². The van der Waals surface area contributed by atoms with Crippen LogP contribution in [-0.4, -0.2) is 19.9 Å². The van der Waals surface area contributed by atoms with E-state index in [1.165, 1.54) is 73.1 Å². The minimum Gasteiger partial charge on any atom is -0.309 e. The molecule has 0 aliphatic carbocycles. The Hall–Kier alpha value is -6.01. The molecule has 0 fully saturated rings. The summed E-state index contributed by atoms with van der Waals surface area (Å²) in [6.45, 7) is 17.8. The summed E-state index contributed by atoms with van der Waals surface area (Å²) >= 11 is 0. The van der Waals surface area contributed by atoms with Gasteiger partial charge < -0.3 is 4.90 Å². The van der Waals surface area contributed by atoms with E-state index in [1.54, 1.807) is 6.20 Å². The van der Waals surface area contributed by atoms with E-state index in [-0.39, 0.29) is 5.82 Å². The maximum atomic E-state index is 16.8. The van der Waals surface area contributed by atoms with Gasteiger partial charge in [-0.3, -0.25) is 4.98 Å². The van der Waals surface area contributed by atoms with Gasteiger partial charge in [0.25, 0.3) is 0 Å². The Morgan fingerprint density at radius 2 is 0.962 bits per heavy atom. The maximum Gasteiger partial charge on any atom is 0.164 e. The first-order valence-corrected chi connectivity index (χ1v) is 18.1. The second-order valence-corrected chi connectivity index (χ2v) is 14.3. The van der Waals surface area contributed by atoms with Gasteiger partial charge in [-0.05, 0) is 123 Å². The third kappa shape index (κ3) is 5.61. The van der Waals surface area contributed by atoms with E-state index in [9.17, 15) is 0 Å². The summed E-state index contributed by atoms with van der Waals surface area (Å²) in [7, 11) is 0. The number of pyridine rings is 1. The summed E-state index contributed by atoms with van der Waals surface area (Å²) in [6, 6.07) is 26.9. The van der Waals surface area contributed by atoms with E-state index < -0.39 is 0 Å². The number of halogens is 1. The van der Waals surface area contributed by atoms with Crippen LogP contribution in [0.5, 0.6) is 0 Å². The second kappa shape index (κ2) is 13.2. The molecule has 2 aromatic heterocycles. The fraction of sp³-hybridized carbons (Fsp3) is 0.191. The SMILES string of the molecule is Cc1c(C)c(C)c2c(c1C)Cc1c(C)c(C)c(C)c(C)c1N2c1ccncc1-c1ccc(-c2nc(-c3ccccc3)nc(-c3ccccc3)n2)cc1F. The lowest BCUT2D eigenvalue weighted by Crippen LogP contribution is -2.25. The van der Waals surface area contributed by atoms with E-state index in [0.717, 1.165) is 23.2 Å². The highest BCUT2D eigenvalue weighted by Crippen LogP contribution is 2.53. The highest BCUT2D eigenvalue weighted by atomic mass is 19.1. The third-order valence-electron chi connectivity index (χ3n) is 11.6. The third-order valence-corrected chi connectivity index (χ3v) is 11.6. The molecule has 0 bridgehead atoms. The molecule has 0 radical (unpaired) electrons. The number of hydrogen-bond acceptors (Lipinski definition) is 5. The highest BCUT2D eigenvalue weighted by molar-refractivity contribution is 5.95. The molecule has 0 unspecified atom stereocenters. The number of aromatic nitrogens is 4. The average molecular weight is 696 g/mol. The van der Waals surface area contributed by atoms with Crippen LogP contribution in [0.4, 0.5) is 21.5 Å². The normalized spacial score (nSPS) is 12.1. The van der Waals surface area contributed by atoms with Gasteiger partial charge in [-0.2, -0.15) is 0 Å². The first-order chi connectivity index (χ1) is 25.5. The van der Waals surface area contributed by atoms with Crippen molar-refractivity contribution in [2.75, 3.05) is 4.90 Å². The Morgan fingerprint density at radius 3 is 1.45 bits per heavy atom. The average Bonchev–Trinajstić information content (AvgIpc) is 3.20. The Balaban J connectivity index is 1.32. The van der Waals surface area contributed by atoms with E-state index in [2.05, 4.69) is 65.3 Å². The van der Waals surface area contributed by atoms with Crippen molar-refractivity contribution in [1.29, 1.82) is 0 Å². The molecule has 53 heavy (non-hydrogen) atoms. The molecule has 0 N–H and O–H groups in total. The van der Waals surface area contributed by atoms with Crippen molar-refractivity contribution < 1.29 is 4.39 Å². The molecular formula is C47H42FN5. The van der Waals surface area contributed by atoms with Crippen molar-refractivity contribution >= 4 is 17.1 Å². The maximum absolute atomic E-state index is 16.8. The second-order valence-electron chi connectivity index (χ2n) is 14.3. The number of benzene rings is 5. The Bertz CT molecular complexity index is 2450.